The van der Waals surface area contributed by atoms with E-state index < -0.39 is 12.3 Å². The van der Waals surface area contributed by atoms with Gasteiger partial charge in [-0.05, 0) is 30.5 Å². The second-order valence-electron chi connectivity index (χ2n) is 6.78. The first-order chi connectivity index (χ1) is 10.5. The lowest BCUT2D eigenvalue weighted by Crippen LogP contribution is -3.14. The van der Waals surface area contributed by atoms with Crippen LogP contribution in [0.1, 0.15) is 37.7 Å². The molecule has 1 heterocycles. The highest BCUT2D eigenvalue weighted by molar-refractivity contribution is 6.42. The summed E-state index contributed by atoms with van der Waals surface area (Å²) in [6.45, 7) is 2.32. The third kappa shape index (κ3) is 3.14. The van der Waals surface area contributed by atoms with E-state index in [4.69, 9.17) is 23.2 Å². The van der Waals surface area contributed by atoms with Gasteiger partial charge in [0.2, 0.25) is 0 Å². The van der Waals surface area contributed by atoms with Crippen molar-refractivity contribution in [3.05, 3.63) is 33.8 Å². The zero-order valence-electron chi connectivity index (χ0n) is 12.6. The molecule has 1 atom stereocenters. The summed E-state index contributed by atoms with van der Waals surface area (Å²) in [5, 5.41) is 12.0. The zero-order valence-corrected chi connectivity index (χ0v) is 14.1. The molecule has 1 saturated carbocycles. The van der Waals surface area contributed by atoms with E-state index in [2.05, 4.69) is 0 Å². The Hall–Kier alpha value is -0.350. The molecule has 3 rings (SSSR count). The van der Waals surface area contributed by atoms with Crippen LogP contribution in [0.25, 0.3) is 0 Å². The Morgan fingerprint density at radius 3 is 2.45 bits per heavy atom. The lowest BCUT2D eigenvalue weighted by atomic mass is 9.61. The first-order valence-electron chi connectivity index (χ1n) is 8.12. The van der Waals surface area contributed by atoms with Gasteiger partial charge < -0.3 is 10.0 Å². The van der Waals surface area contributed by atoms with Crippen molar-refractivity contribution in [1.29, 1.82) is 0 Å². The predicted molar refractivity (Wildman–Crippen MR) is 87.7 cm³/mol. The molecule has 0 amide bonds. The quantitative estimate of drug-likeness (QED) is 0.860. The second kappa shape index (κ2) is 6.64. The van der Waals surface area contributed by atoms with E-state index in [1.165, 1.54) is 4.90 Å². The van der Waals surface area contributed by atoms with Crippen LogP contribution in [-0.2, 0) is 5.41 Å². The number of nitrogens with one attached hydrogen (secondary N) is 1. The molecule has 1 aromatic carbocycles. The standard InChI is InChI=1S/C17H22Cl2FNO/c18-14-3-2-12(10-15(14)19)17(6-1-7-17)16(22)11-21-8-4-13(20)5-9-21/h2-3,10,13,16,22H,1,4-9,11H2/p+1. The third-order valence-corrected chi connectivity index (χ3v) is 6.22. The van der Waals surface area contributed by atoms with Gasteiger partial charge in [-0.1, -0.05) is 35.7 Å². The Morgan fingerprint density at radius 1 is 1.23 bits per heavy atom. The molecule has 0 spiro atoms. The predicted octanol–water partition coefficient (Wildman–Crippen LogP) is 2.79. The minimum Gasteiger partial charge on any atom is -0.386 e. The largest absolute Gasteiger partial charge is 0.386 e. The average molecular weight is 347 g/mol. The van der Waals surface area contributed by atoms with Crippen LogP contribution >= 0.6 is 23.2 Å². The van der Waals surface area contributed by atoms with Gasteiger partial charge in [0.05, 0.1) is 23.1 Å². The molecule has 1 aromatic rings. The van der Waals surface area contributed by atoms with Gasteiger partial charge in [-0.25, -0.2) is 4.39 Å². The number of aliphatic hydroxyl groups excluding tert-OH is 1. The molecule has 0 aromatic heterocycles. The van der Waals surface area contributed by atoms with E-state index >= 15 is 0 Å². The highest BCUT2D eigenvalue weighted by Gasteiger charge is 2.46. The van der Waals surface area contributed by atoms with Crippen LogP contribution in [0, 0.1) is 0 Å². The summed E-state index contributed by atoms with van der Waals surface area (Å²) in [7, 11) is 0. The summed E-state index contributed by atoms with van der Waals surface area (Å²) in [5.41, 5.74) is 0.883. The molecule has 0 radical (unpaired) electrons. The zero-order chi connectivity index (χ0) is 15.7. The number of rotatable bonds is 4. The molecule has 1 aliphatic heterocycles. The van der Waals surface area contributed by atoms with E-state index in [1.807, 2.05) is 18.2 Å². The number of likely N-dealkylation sites (tertiary alicyclic amines) is 1. The molecule has 1 unspecified atom stereocenters. The maximum Gasteiger partial charge on any atom is 0.112 e. The minimum absolute atomic E-state index is 0.201. The maximum absolute atomic E-state index is 13.2. The summed E-state index contributed by atoms with van der Waals surface area (Å²) in [5.74, 6) is 0. The molecule has 122 valence electrons. The lowest BCUT2D eigenvalue weighted by Gasteiger charge is -2.46. The van der Waals surface area contributed by atoms with Gasteiger partial charge in [-0.15, -0.1) is 0 Å². The molecule has 5 heteroatoms. The van der Waals surface area contributed by atoms with Gasteiger partial charge in [0.15, 0.2) is 0 Å². The molecular formula is C17H23Cl2FNO+. The monoisotopic (exact) mass is 346 g/mol. The first-order valence-corrected chi connectivity index (χ1v) is 8.88. The van der Waals surface area contributed by atoms with Crippen LogP contribution in [0.15, 0.2) is 18.2 Å². The Bertz CT molecular complexity index is 527. The molecular weight excluding hydrogens is 324 g/mol. The molecule has 2 aliphatic rings. The van der Waals surface area contributed by atoms with Crippen molar-refractivity contribution >= 4 is 23.2 Å². The van der Waals surface area contributed by atoms with Crippen molar-refractivity contribution in [2.75, 3.05) is 19.6 Å². The van der Waals surface area contributed by atoms with Crippen LogP contribution < -0.4 is 4.90 Å². The van der Waals surface area contributed by atoms with E-state index in [0.29, 0.717) is 29.4 Å². The van der Waals surface area contributed by atoms with Crippen LogP contribution in [-0.4, -0.2) is 37.0 Å². The summed E-state index contributed by atoms with van der Waals surface area (Å²) >= 11 is 12.2. The van der Waals surface area contributed by atoms with Crippen LogP contribution in [0.2, 0.25) is 10.0 Å². The van der Waals surface area contributed by atoms with E-state index in [0.717, 1.165) is 37.9 Å². The molecule has 2 N–H and O–H groups in total. The van der Waals surface area contributed by atoms with Gasteiger partial charge in [-0.2, -0.15) is 0 Å². The fraction of sp³-hybridized carbons (Fsp3) is 0.647. The minimum atomic E-state index is -0.659. The molecule has 2 nitrogen and oxygen atoms in total. The maximum atomic E-state index is 13.2. The van der Waals surface area contributed by atoms with Gasteiger partial charge in [0.1, 0.15) is 18.8 Å². The van der Waals surface area contributed by atoms with Crippen molar-refractivity contribution < 1.29 is 14.4 Å². The molecule has 1 aliphatic carbocycles. The molecule has 2 fully saturated rings. The van der Waals surface area contributed by atoms with E-state index in [-0.39, 0.29) is 5.41 Å². The number of hydrogen-bond acceptors (Lipinski definition) is 1. The number of aliphatic hydroxyl groups is 1. The average Bonchev–Trinajstić information content (AvgIpc) is 2.44. The Morgan fingerprint density at radius 2 is 1.91 bits per heavy atom. The number of alkyl halides is 1. The first kappa shape index (κ1) is 16.5. The van der Waals surface area contributed by atoms with Crippen LogP contribution in [0.3, 0.4) is 0 Å². The van der Waals surface area contributed by atoms with Crippen molar-refractivity contribution in [3.63, 3.8) is 0 Å². The normalized spacial score (nSPS) is 28.9. The van der Waals surface area contributed by atoms with Gasteiger partial charge in [0.25, 0.3) is 0 Å². The molecule has 22 heavy (non-hydrogen) atoms. The lowest BCUT2D eigenvalue weighted by molar-refractivity contribution is -0.909. The Labute approximate surface area is 141 Å². The highest BCUT2D eigenvalue weighted by atomic mass is 35.5. The molecule has 1 saturated heterocycles. The fourth-order valence-electron chi connectivity index (χ4n) is 3.84. The van der Waals surface area contributed by atoms with E-state index in [1.54, 1.807) is 0 Å². The number of piperidine rings is 1. The number of quaternary nitrogens is 1. The SMILES string of the molecule is OC(C[NH+]1CCC(F)CC1)C1(c2ccc(Cl)c(Cl)c2)CCC1. The van der Waals surface area contributed by atoms with Crippen molar-refractivity contribution in [2.24, 2.45) is 0 Å². The summed E-state index contributed by atoms with van der Waals surface area (Å²) in [6, 6.07) is 5.70. The second-order valence-corrected chi connectivity index (χ2v) is 7.60. The van der Waals surface area contributed by atoms with Crippen molar-refractivity contribution in [3.8, 4) is 0 Å². The Kier molecular flexibility index (Phi) is 4.98. The highest BCUT2D eigenvalue weighted by Crippen LogP contribution is 2.47. The number of benzene rings is 1. The van der Waals surface area contributed by atoms with E-state index in [9.17, 15) is 9.50 Å². The van der Waals surface area contributed by atoms with Gasteiger partial charge in [-0.3, -0.25) is 0 Å². The number of halogens is 3. The fourth-order valence-corrected chi connectivity index (χ4v) is 4.14. The van der Waals surface area contributed by atoms with Crippen LogP contribution in [0.5, 0.6) is 0 Å². The van der Waals surface area contributed by atoms with Crippen molar-refractivity contribution in [2.45, 2.75) is 49.8 Å². The van der Waals surface area contributed by atoms with Gasteiger partial charge >= 0.3 is 0 Å². The summed E-state index contributed by atoms with van der Waals surface area (Å²) in [6.07, 6.45) is 3.23. The third-order valence-electron chi connectivity index (χ3n) is 5.48. The number of hydrogen-bond donors (Lipinski definition) is 2. The Balaban J connectivity index is 1.73. The van der Waals surface area contributed by atoms with Crippen LogP contribution in [0.4, 0.5) is 4.39 Å². The smallest absolute Gasteiger partial charge is 0.112 e. The summed E-state index contributed by atoms with van der Waals surface area (Å²) < 4.78 is 13.2. The van der Waals surface area contributed by atoms with Crippen molar-refractivity contribution in [1.82, 2.24) is 0 Å². The molecule has 0 bridgehead atoms. The van der Waals surface area contributed by atoms with Gasteiger partial charge in [0, 0.05) is 18.3 Å². The topological polar surface area (TPSA) is 24.7 Å². The summed E-state index contributed by atoms with van der Waals surface area (Å²) in [4.78, 5) is 1.31.